The van der Waals surface area contributed by atoms with Gasteiger partial charge in [-0.2, -0.15) is 0 Å². The molecule has 2 heterocycles. The zero-order valence-corrected chi connectivity index (χ0v) is 24.0. The van der Waals surface area contributed by atoms with Crippen molar-refractivity contribution in [3.05, 3.63) is 69.3 Å². The molecule has 1 aliphatic heterocycles. The van der Waals surface area contributed by atoms with Crippen LogP contribution in [0.1, 0.15) is 73.7 Å². The number of hydrogen-bond donors (Lipinski definition) is 0. The summed E-state index contributed by atoms with van der Waals surface area (Å²) >= 11 is 7.92. The number of fused-ring (bicyclic) bond motifs is 1. The Balaban J connectivity index is 1.52. The van der Waals surface area contributed by atoms with Crippen LogP contribution in [0.2, 0.25) is 5.02 Å². The zero-order valence-electron chi connectivity index (χ0n) is 22.4. The summed E-state index contributed by atoms with van der Waals surface area (Å²) in [6, 6.07) is 11.0. The highest BCUT2D eigenvalue weighted by atomic mass is 35.5. The maximum Gasteiger partial charge on any atom is 0.266 e. The van der Waals surface area contributed by atoms with Gasteiger partial charge in [-0.3, -0.25) is 9.79 Å². The maximum atomic E-state index is 14.6. The van der Waals surface area contributed by atoms with Crippen molar-refractivity contribution in [2.24, 2.45) is 10.9 Å². The van der Waals surface area contributed by atoms with Crippen LogP contribution in [0.15, 0.2) is 47.5 Å². The monoisotopic (exact) mass is 552 g/mol. The Bertz CT molecular complexity index is 1420. The summed E-state index contributed by atoms with van der Waals surface area (Å²) in [7, 11) is 1.66. The quantitative estimate of drug-likeness (QED) is 0.307. The SMILES string of the molecule is COc1ccc(C2=CCC(C)(C)N=C2)cc1CN(C(=O)c1sc2cccc(F)c2c1Cl)[C@H]1CC[C@H](C)CC1. The minimum absolute atomic E-state index is 0.0782. The van der Waals surface area contributed by atoms with E-state index in [1.165, 1.54) is 17.4 Å². The number of dihydropyridines is 1. The van der Waals surface area contributed by atoms with Gasteiger partial charge in [-0.05, 0) is 87.3 Å². The van der Waals surface area contributed by atoms with Gasteiger partial charge in [-0.25, -0.2) is 4.39 Å². The fourth-order valence-corrected chi connectivity index (χ4v) is 6.94. The summed E-state index contributed by atoms with van der Waals surface area (Å²) in [5, 5.41) is 0.528. The number of amides is 1. The molecule has 0 atom stereocenters. The number of carbonyl (C=O) groups is 1. The van der Waals surface area contributed by atoms with Gasteiger partial charge in [0.25, 0.3) is 5.91 Å². The van der Waals surface area contributed by atoms with Crippen molar-refractivity contribution in [2.75, 3.05) is 7.11 Å². The third-order valence-corrected chi connectivity index (χ3v) is 9.45. The number of allylic oxidation sites excluding steroid dienone is 1. The molecule has 5 rings (SSSR count). The summed E-state index contributed by atoms with van der Waals surface area (Å²) < 4.78 is 21.0. The number of carbonyl (C=O) groups excluding carboxylic acids is 1. The normalized spacial score (nSPS) is 20.8. The molecular weight excluding hydrogens is 519 g/mol. The molecule has 1 amide bonds. The van der Waals surface area contributed by atoms with E-state index in [1.54, 1.807) is 13.2 Å². The molecule has 1 aromatic heterocycles. The van der Waals surface area contributed by atoms with Gasteiger partial charge < -0.3 is 9.64 Å². The van der Waals surface area contributed by atoms with E-state index in [0.29, 0.717) is 27.4 Å². The minimum atomic E-state index is -0.402. The average molecular weight is 553 g/mol. The predicted molar refractivity (Wildman–Crippen MR) is 156 cm³/mol. The zero-order chi connectivity index (χ0) is 27.0. The highest BCUT2D eigenvalue weighted by Gasteiger charge is 2.32. The Morgan fingerprint density at radius 1 is 1.21 bits per heavy atom. The second-order valence-corrected chi connectivity index (χ2v) is 12.6. The van der Waals surface area contributed by atoms with Crippen molar-refractivity contribution < 1.29 is 13.9 Å². The highest BCUT2D eigenvalue weighted by Crippen LogP contribution is 2.40. The van der Waals surface area contributed by atoms with Crippen LogP contribution >= 0.6 is 22.9 Å². The standard InChI is InChI=1S/C31H34ClFN2O2S/c1-19-8-11-23(12-9-19)35(30(36)29-28(32)27-24(33)6-5-7-26(27)38-29)18-22-16-20(10-13-25(22)37-4)21-14-15-31(2,3)34-17-21/h5-7,10,13-14,16-17,19,23H,8-9,11-12,15,18H2,1-4H3/t19-,23-. The van der Waals surface area contributed by atoms with Gasteiger partial charge in [0.2, 0.25) is 0 Å². The molecule has 0 spiro atoms. The molecule has 3 aromatic rings. The van der Waals surface area contributed by atoms with Crippen LogP contribution in [0.25, 0.3) is 15.7 Å². The fourth-order valence-electron chi connectivity index (χ4n) is 5.43. The number of nitrogens with zero attached hydrogens (tertiary/aromatic N) is 2. The summed E-state index contributed by atoms with van der Waals surface area (Å²) in [5.74, 6) is 0.825. The molecule has 2 aliphatic rings. The summed E-state index contributed by atoms with van der Waals surface area (Å²) in [6.07, 6.45) is 9.02. The first-order valence-electron chi connectivity index (χ1n) is 13.3. The van der Waals surface area contributed by atoms with E-state index in [4.69, 9.17) is 21.3 Å². The molecule has 0 bridgehead atoms. The molecule has 0 radical (unpaired) electrons. The molecule has 2 aromatic carbocycles. The van der Waals surface area contributed by atoms with Crippen molar-refractivity contribution in [2.45, 2.75) is 71.0 Å². The topological polar surface area (TPSA) is 41.9 Å². The van der Waals surface area contributed by atoms with Gasteiger partial charge in [0, 0.05) is 34.5 Å². The number of benzene rings is 2. The number of hydrogen-bond acceptors (Lipinski definition) is 4. The van der Waals surface area contributed by atoms with E-state index in [2.05, 4.69) is 32.9 Å². The van der Waals surface area contributed by atoms with Crippen LogP contribution in [-0.2, 0) is 6.54 Å². The first-order valence-corrected chi connectivity index (χ1v) is 14.5. The van der Waals surface area contributed by atoms with Crippen LogP contribution in [0.5, 0.6) is 5.75 Å². The first kappa shape index (κ1) is 26.9. The van der Waals surface area contributed by atoms with Gasteiger partial charge in [0.05, 0.1) is 17.7 Å². The van der Waals surface area contributed by atoms with E-state index in [-0.39, 0.29) is 22.5 Å². The lowest BCUT2D eigenvalue weighted by Gasteiger charge is -2.36. The van der Waals surface area contributed by atoms with Crippen molar-refractivity contribution >= 4 is 50.7 Å². The van der Waals surface area contributed by atoms with Crippen LogP contribution in [0.3, 0.4) is 0 Å². The van der Waals surface area contributed by atoms with Crippen LogP contribution in [0, 0.1) is 11.7 Å². The van der Waals surface area contributed by atoms with E-state index in [1.807, 2.05) is 29.3 Å². The van der Waals surface area contributed by atoms with Gasteiger partial charge >= 0.3 is 0 Å². The Morgan fingerprint density at radius 3 is 2.63 bits per heavy atom. The summed E-state index contributed by atoms with van der Waals surface area (Å²) in [5.41, 5.74) is 2.95. The lowest BCUT2D eigenvalue weighted by Crippen LogP contribution is -2.41. The molecule has 0 unspecified atom stereocenters. The average Bonchev–Trinajstić information content (AvgIpc) is 3.25. The molecule has 1 fully saturated rings. The van der Waals surface area contributed by atoms with Crippen LogP contribution in [0.4, 0.5) is 4.39 Å². The number of methoxy groups -OCH3 is 1. The lowest BCUT2D eigenvalue weighted by atomic mass is 9.86. The molecule has 200 valence electrons. The number of thiophene rings is 1. The van der Waals surface area contributed by atoms with Gasteiger partial charge in [-0.15, -0.1) is 11.3 Å². The second-order valence-electron chi connectivity index (χ2n) is 11.2. The Labute approximate surface area is 233 Å². The molecule has 0 saturated heterocycles. The number of rotatable bonds is 6. The van der Waals surface area contributed by atoms with E-state index >= 15 is 0 Å². The largest absolute Gasteiger partial charge is 0.496 e. The Hall–Kier alpha value is -2.70. The van der Waals surface area contributed by atoms with E-state index in [0.717, 1.165) is 54.6 Å². The number of ether oxygens (including phenoxy) is 1. The van der Waals surface area contributed by atoms with Crippen molar-refractivity contribution in [1.29, 1.82) is 0 Å². The molecule has 38 heavy (non-hydrogen) atoms. The van der Waals surface area contributed by atoms with Crippen molar-refractivity contribution in [3.63, 3.8) is 0 Å². The van der Waals surface area contributed by atoms with E-state index < -0.39 is 5.82 Å². The Kier molecular flexibility index (Phi) is 7.65. The maximum absolute atomic E-state index is 14.6. The second kappa shape index (κ2) is 10.8. The summed E-state index contributed by atoms with van der Waals surface area (Å²) in [4.78, 5) is 21.2. The predicted octanol–water partition coefficient (Wildman–Crippen LogP) is 8.56. The molecule has 7 heteroatoms. The Morgan fingerprint density at radius 2 is 1.97 bits per heavy atom. The molecule has 1 saturated carbocycles. The molecule has 1 aliphatic carbocycles. The number of aliphatic imine (C=N–C) groups is 1. The highest BCUT2D eigenvalue weighted by molar-refractivity contribution is 7.21. The number of halogens is 2. The molecular formula is C31H34ClFN2O2S. The van der Waals surface area contributed by atoms with Gasteiger partial charge in [-0.1, -0.05) is 36.7 Å². The third kappa shape index (κ3) is 5.39. The smallest absolute Gasteiger partial charge is 0.266 e. The van der Waals surface area contributed by atoms with Crippen molar-refractivity contribution in [3.8, 4) is 5.75 Å². The van der Waals surface area contributed by atoms with Gasteiger partial charge in [0.1, 0.15) is 16.4 Å². The lowest BCUT2D eigenvalue weighted by molar-refractivity contribution is 0.0597. The van der Waals surface area contributed by atoms with Gasteiger partial charge in [0.15, 0.2) is 0 Å². The molecule has 4 nitrogen and oxygen atoms in total. The third-order valence-electron chi connectivity index (χ3n) is 7.82. The summed E-state index contributed by atoms with van der Waals surface area (Å²) in [6.45, 7) is 6.89. The van der Waals surface area contributed by atoms with Crippen LogP contribution in [-0.4, -0.2) is 35.7 Å². The fraction of sp³-hybridized carbons (Fsp3) is 0.419. The molecule has 0 N–H and O–H groups in total. The minimum Gasteiger partial charge on any atom is -0.496 e. The van der Waals surface area contributed by atoms with E-state index in [9.17, 15) is 9.18 Å². The first-order chi connectivity index (χ1) is 18.2. The van der Waals surface area contributed by atoms with Crippen molar-refractivity contribution in [1.82, 2.24) is 4.90 Å². The van der Waals surface area contributed by atoms with Crippen LogP contribution < -0.4 is 4.74 Å².